The number of anilines is 2. The van der Waals surface area contributed by atoms with Crippen molar-refractivity contribution in [3.05, 3.63) is 84.7 Å². The van der Waals surface area contributed by atoms with E-state index in [-0.39, 0.29) is 31.6 Å². The number of hydrogen-bond acceptors (Lipinski definition) is 13. The fraction of sp³-hybridized carbons (Fsp3) is 0.294. The number of carbonyl (C=O) groups excluding carboxylic acids is 2. The molecule has 0 radical (unpaired) electrons. The number of ether oxygens (including phenoxy) is 2. The first-order valence-electron chi connectivity index (χ1n) is 16.0. The number of aliphatic hydroxyl groups is 2. The van der Waals surface area contributed by atoms with Gasteiger partial charge in [0, 0.05) is 5.56 Å². The topological polar surface area (TPSA) is 239 Å². The average Bonchev–Trinajstić information content (AvgIpc) is 3.91. The summed E-state index contributed by atoms with van der Waals surface area (Å²) in [4.78, 5) is 36.4. The highest BCUT2D eigenvalue weighted by Gasteiger charge is 2.26. The van der Waals surface area contributed by atoms with Gasteiger partial charge in [-0.1, -0.05) is 34.7 Å². The molecule has 0 aliphatic rings. The molecule has 0 saturated carbocycles. The molecule has 0 aliphatic heterocycles. The predicted molar refractivity (Wildman–Crippen MR) is 197 cm³/mol. The molecule has 4 heterocycles. The molecule has 0 spiro atoms. The van der Waals surface area contributed by atoms with E-state index < -0.39 is 23.4 Å². The summed E-state index contributed by atoms with van der Waals surface area (Å²) in [5.74, 6) is 0.365. The maximum Gasteiger partial charge on any atom is 0.421 e. The van der Waals surface area contributed by atoms with Crippen LogP contribution in [0, 0.1) is 0 Å². The van der Waals surface area contributed by atoms with Crippen molar-refractivity contribution in [1.29, 1.82) is 0 Å². The standard InChI is InChI=1S/C22H28N6O5.C12H12N6O.ClH/c1-21(2,3)32-19(30)24-18-23-11-17(28(18)20(31)33-22(4,5)6)14-7-9-16(10-8-14)27-12-15(13-29)25-26-27;13-12-14-5-11(15-12)8-1-3-10(4-2-8)18-6-9(7-19)16-17-18;/h7-12,29H,13H2,1-6H3,(H,23,24,30);1-6,19H,7H2,(H3,13,14,15);1H. The Balaban J connectivity index is 0.000000265. The number of imidazole rings is 2. The Morgan fingerprint density at radius 3 is 1.72 bits per heavy atom. The Morgan fingerprint density at radius 1 is 0.774 bits per heavy atom. The van der Waals surface area contributed by atoms with Gasteiger partial charge < -0.3 is 30.4 Å². The number of nitrogens with zero attached hydrogens (tertiary/aromatic N) is 9. The molecule has 0 saturated heterocycles. The fourth-order valence-electron chi connectivity index (χ4n) is 4.59. The molecule has 6 rings (SSSR count). The lowest BCUT2D eigenvalue weighted by molar-refractivity contribution is 0.0542. The van der Waals surface area contributed by atoms with E-state index in [1.807, 2.05) is 24.3 Å². The van der Waals surface area contributed by atoms with Crippen LogP contribution in [0.4, 0.5) is 21.5 Å². The lowest BCUT2D eigenvalue weighted by Crippen LogP contribution is -2.31. The van der Waals surface area contributed by atoms with Crippen molar-refractivity contribution in [1.82, 2.24) is 49.5 Å². The summed E-state index contributed by atoms with van der Waals surface area (Å²) in [6.07, 6.45) is 5.00. The van der Waals surface area contributed by atoms with Crippen molar-refractivity contribution in [3.63, 3.8) is 0 Å². The van der Waals surface area contributed by atoms with E-state index in [1.54, 1.807) is 89.1 Å². The number of aromatic nitrogens is 10. The minimum Gasteiger partial charge on any atom is -0.444 e. The van der Waals surface area contributed by atoms with Gasteiger partial charge in [0.25, 0.3) is 0 Å². The van der Waals surface area contributed by atoms with E-state index in [1.165, 1.54) is 15.4 Å². The lowest BCUT2D eigenvalue weighted by atomic mass is 10.1. The molecule has 0 unspecified atom stereocenters. The summed E-state index contributed by atoms with van der Waals surface area (Å²) in [6.45, 7) is 10.1. The molecule has 0 aliphatic carbocycles. The maximum atomic E-state index is 13.0. The minimum absolute atomic E-state index is 0. The molecule has 53 heavy (non-hydrogen) atoms. The molecule has 18 nitrogen and oxygen atoms in total. The summed E-state index contributed by atoms with van der Waals surface area (Å²) in [5.41, 5.74) is 9.52. The van der Waals surface area contributed by atoms with Gasteiger partial charge in [0.1, 0.15) is 22.6 Å². The highest BCUT2D eigenvalue weighted by molar-refractivity contribution is 5.89. The van der Waals surface area contributed by atoms with Crippen molar-refractivity contribution in [2.24, 2.45) is 0 Å². The van der Waals surface area contributed by atoms with Crippen LogP contribution in [0.25, 0.3) is 33.9 Å². The van der Waals surface area contributed by atoms with Crippen LogP contribution in [0.5, 0.6) is 0 Å². The molecular weight excluding hydrogens is 708 g/mol. The number of benzene rings is 2. The van der Waals surface area contributed by atoms with E-state index in [0.29, 0.717) is 34.3 Å². The van der Waals surface area contributed by atoms with E-state index >= 15 is 0 Å². The van der Waals surface area contributed by atoms with Gasteiger partial charge in [-0.2, -0.15) is 0 Å². The Hall–Kier alpha value is -6.11. The first-order valence-corrected chi connectivity index (χ1v) is 16.0. The van der Waals surface area contributed by atoms with Crippen LogP contribution in [0.2, 0.25) is 0 Å². The number of nitrogens with two attached hydrogens (primary N) is 1. The first-order chi connectivity index (χ1) is 24.6. The SMILES string of the molecule is CC(C)(C)OC(=O)Nc1ncc(-c2ccc(-n3cc(CO)nn3)cc2)n1C(=O)OC(C)(C)C.Cl.Nc1ncc(-c2ccc(-n3cc(CO)nn3)cc2)[nH]1. The predicted octanol–water partition coefficient (Wildman–Crippen LogP) is 4.91. The molecule has 1 amide bonds. The van der Waals surface area contributed by atoms with Crippen LogP contribution in [0.3, 0.4) is 0 Å². The molecule has 2 aromatic carbocycles. The monoisotopic (exact) mass is 748 g/mol. The third kappa shape index (κ3) is 10.5. The number of amides is 1. The molecule has 19 heteroatoms. The highest BCUT2D eigenvalue weighted by Crippen LogP contribution is 2.27. The van der Waals surface area contributed by atoms with Crippen LogP contribution in [-0.4, -0.2) is 83.1 Å². The zero-order valence-corrected chi connectivity index (χ0v) is 30.7. The number of halogens is 1. The lowest BCUT2D eigenvalue weighted by Gasteiger charge is -2.22. The van der Waals surface area contributed by atoms with Crippen LogP contribution in [0.1, 0.15) is 52.9 Å². The molecular formula is C34H41ClN12O6. The van der Waals surface area contributed by atoms with Gasteiger partial charge in [0.2, 0.25) is 5.95 Å². The van der Waals surface area contributed by atoms with Gasteiger partial charge >= 0.3 is 12.2 Å². The van der Waals surface area contributed by atoms with Gasteiger partial charge in [-0.3, -0.25) is 5.32 Å². The Labute approximate surface area is 310 Å². The Kier molecular flexibility index (Phi) is 12.3. The normalized spacial score (nSPS) is 11.2. The number of hydrogen-bond donors (Lipinski definition) is 5. The van der Waals surface area contributed by atoms with Gasteiger partial charge in [-0.15, -0.1) is 22.6 Å². The minimum atomic E-state index is -0.761. The van der Waals surface area contributed by atoms with Crippen LogP contribution in [-0.2, 0) is 22.7 Å². The van der Waals surface area contributed by atoms with Gasteiger partial charge in [-0.25, -0.2) is 33.5 Å². The number of nitrogens with one attached hydrogen (secondary N) is 2. The number of rotatable bonds is 7. The molecule has 4 aromatic heterocycles. The summed E-state index contributed by atoms with van der Waals surface area (Å²) in [6, 6.07) is 14.8. The second kappa shape index (κ2) is 16.5. The van der Waals surface area contributed by atoms with Crippen molar-refractivity contribution >= 4 is 36.5 Å². The van der Waals surface area contributed by atoms with Crippen LogP contribution >= 0.6 is 12.4 Å². The van der Waals surface area contributed by atoms with Crippen molar-refractivity contribution in [3.8, 4) is 33.9 Å². The number of aromatic amines is 1. The van der Waals surface area contributed by atoms with E-state index in [0.717, 1.165) is 16.9 Å². The van der Waals surface area contributed by atoms with Gasteiger partial charge in [-0.05, 0) is 71.4 Å². The zero-order valence-electron chi connectivity index (χ0n) is 29.9. The van der Waals surface area contributed by atoms with E-state index in [4.69, 9.17) is 20.3 Å². The van der Waals surface area contributed by atoms with Crippen molar-refractivity contribution in [2.75, 3.05) is 11.1 Å². The quantitative estimate of drug-likeness (QED) is 0.146. The van der Waals surface area contributed by atoms with Crippen molar-refractivity contribution < 1.29 is 29.3 Å². The first kappa shape index (κ1) is 39.7. The largest absolute Gasteiger partial charge is 0.444 e. The molecule has 0 bridgehead atoms. The molecule has 0 fully saturated rings. The number of carbonyl (C=O) groups is 2. The summed E-state index contributed by atoms with van der Waals surface area (Å²) in [5, 5.41) is 36.2. The van der Waals surface area contributed by atoms with E-state index in [9.17, 15) is 14.7 Å². The van der Waals surface area contributed by atoms with Crippen molar-refractivity contribution in [2.45, 2.75) is 66.0 Å². The smallest absolute Gasteiger partial charge is 0.421 e. The zero-order chi connectivity index (χ0) is 37.6. The number of nitrogen functional groups attached to an aromatic ring is 1. The Bertz CT molecular complexity index is 2120. The number of aliphatic hydroxyl groups excluding tert-OH is 2. The average molecular weight is 749 g/mol. The van der Waals surface area contributed by atoms with Crippen LogP contribution < -0.4 is 11.1 Å². The maximum absolute atomic E-state index is 13.0. The van der Waals surface area contributed by atoms with Gasteiger partial charge in [0.15, 0.2) is 5.95 Å². The highest BCUT2D eigenvalue weighted by atomic mass is 35.5. The summed E-state index contributed by atoms with van der Waals surface area (Å²) < 4.78 is 15.1. The second-order valence-electron chi connectivity index (χ2n) is 13.3. The Morgan fingerprint density at radius 2 is 1.28 bits per heavy atom. The van der Waals surface area contributed by atoms with Crippen LogP contribution in [0.15, 0.2) is 73.3 Å². The second-order valence-corrected chi connectivity index (χ2v) is 13.3. The summed E-state index contributed by atoms with van der Waals surface area (Å²) in [7, 11) is 0. The molecule has 0 atom stereocenters. The third-order valence-electron chi connectivity index (χ3n) is 6.82. The third-order valence-corrected chi connectivity index (χ3v) is 6.82. The summed E-state index contributed by atoms with van der Waals surface area (Å²) >= 11 is 0. The fourth-order valence-corrected chi connectivity index (χ4v) is 4.59. The molecule has 6 aromatic rings. The van der Waals surface area contributed by atoms with E-state index in [2.05, 4.69) is 40.9 Å². The number of H-pyrrole nitrogens is 1. The molecule has 280 valence electrons. The molecule has 6 N–H and O–H groups in total. The van der Waals surface area contributed by atoms with Gasteiger partial charge in [0.05, 0.1) is 60.8 Å².